The first kappa shape index (κ1) is 17.7. The quantitative estimate of drug-likeness (QED) is 0.200. The number of nitrogen functional groups attached to an aromatic ring is 1. The molecule has 0 spiro atoms. The molecular weight excluding hydrogens is 378 g/mol. The van der Waals surface area contributed by atoms with E-state index >= 15 is 0 Å². The Labute approximate surface area is 163 Å². The fraction of sp³-hybridized carbons (Fsp3) is 0.0556. The van der Waals surface area contributed by atoms with E-state index in [0.717, 1.165) is 10.6 Å². The van der Waals surface area contributed by atoms with E-state index < -0.39 is 4.92 Å². The van der Waals surface area contributed by atoms with E-state index in [1.54, 1.807) is 18.2 Å². The van der Waals surface area contributed by atoms with Crippen LogP contribution >= 0.6 is 11.8 Å². The maximum atomic E-state index is 11.1. The molecule has 2 aromatic heterocycles. The first-order valence-electron chi connectivity index (χ1n) is 8.26. The second-order valence-electron chi connectivity index (χ2n) is 6.05. The molecule has 4 N–H and O–H groups in total. The normalized spacial score (nSPS) is 10.9. The minimum absolute atomic E-state index is 0.0313. The third kappa shape index (κ3) is 3.71. The molecule has 0 bridgehead atoms. The Morgan fingerprint density at radius 1 is 1.14 bits per heavy atom. The van der Waals surface area contributed by atoms with Crippen LogP contribution in [0.3, 0.4) is 0 Å². The Morgan fingerprint density at radius 2 is 1.93 bits per heavy atom. The van der Waals surface area contributed by atoms with Crippen LogP contribution in [0.1, 0.15) is 5.69 Å². The highest BCUT2D eigenvalue weighted by atomic mass is 32.2. The molecule has 140 valence electrons. The first-order chi connectivity index (χ1) is 13.5. The number of non-ortho nitro benzene ring substituents is 1. The fourth-order valence-corrected chi connectivity index (χ4v) is 3.36. The van der Waals surface area contributed by atoms with Gasteiger partial charge in [0, 0.05) is 39.9 Å². The number of aryl methyl sites for hydroxylation is 1. The van der Waals surface area contributed by atoms with Crippen LogP contribution < -0.4 is 11.1 Å². The van der Waals surface area contributed by atoms with Gasteiger partial charge in [-0.25, -0.2) is 9.97 Å². The minimum Gasteiger partial charge on any atom is -0.399 e. The average molecular weight is 393 g/mol. The molecule has 2 aromatic carbocycles. The number of rotatable bonds is 5. The molecule has 0 fully saturated rings. The molecule has 0 unspecified atom stereocenters. The smallest absolute Gasteiger partial charge is 0.271 e. The van der Waals surface area contributed by atoms with Crippen LogP contribution in [0.15, 0.2) is 58.6 Å². The van der Waals surface area contributed by atoms with Crippen molar-refractivity contribution in [3.63, 3.8) is 0 Å². The van der Waals surface area contributed by atoms with Gasteiger partial charge in [-0.05, 0) is 49.0 Å². The summed E-state index contributed by atoms with van der Waals surface area (Å²) in [7, 11) is 0. The van der Waals surface area contributed by atoms with E-state index in [2.05, 4.69) is 25.5 Å². The van der Waals surface area contributed by atoms with Crippen LogP contribution in [-0.4, -0.2) is 25.1 Å². The zero-order valence-electron chi connectivity index (χ0n) is 14.7. The largest absolute Gasteiger partial charge is 0.399 e. The summed E-state index contributed by atoms with van der Waals surface area (Å²) in [5.41, 5.74) is 7.72. The first-order valence-corrected chi connectivity index (χ1v) is 9.08. The van der Waals surface area contributed by atoms with Gasteiger partial charge in [0.25, 0.3) is 5.69 Å². The standard InChI is InChI=1S/C18H15N7O2S/c1-10-8-16(24-23-10)21-17-14-7-4-12(25(26)27)9-15(14)20-18(22-17)28-13-5-2-11(19)3-6-13/h2-9H,19H2,1H3,(H2,20,21,22,23,24). The van der Waals surface area contributed by atoms with E-state index in [9.17, 15) is 10.1 Å². The molecule has 0 radical (unpaired) electrons. The number of hydrogen-bond acceptors (Lipinski definition) is 8. The highest BCUT2D eigenvalue weighted by Crippen LogP contribution is 2.32. The van der Waals surface area contributed by atoms with Gasteiger partial charge in [0.2, 0.25) is 0 Å². The summed E-state index contributed by atoms with van der Waals surface area (Å²) in [6.45, 7) is 1.89. The molecule has 0 aliphatic heterocycles. The van der Waals surface area contributed by atoms with E-state index in [1.165, 1.54) is 23.9 Å². The third-order valence-corrected chi connectivity index (χ3v) is 4.79. The lowest BCUT2D eigenvalue weighted by Gasteiger charge is -2.09. The molecule has 4 rings (SSSR count). The number of H-pyrrole nitrogens is 1. The van der Waals surface area contributed by atoms with Gasteiger partial charge >= 0.3 is 0 Å². The molecule has 10 heteroatoms. The summed E-state index contributed by atoms with van der Waals surface area (Å²) < 4.78 is 0. The molecular formula is C18H15N7O2S. The molecule has 0 saturated carbocycles. The maximum Gasteiger partial charge on any atom is 0.271 e. The molecule has 9 nitrogen and oxygen atoms in total. The number of nitro groups is 1. The van der Waals surface area contributed by atoms with Crippen LogP contribution in [0.4, 0.5) is 23.0 Å². The monoisotopic (exact) mass is 393 g/mol. The van der Waals surface area contributed by atoms with Crippen LogP contribution in [0, 0.1) is 17.0 Å². The van der Waals surface area contributed by atoms with Crippen LogP contribution in [0.5, 0.6) is 0 Å². The van der Waals surface area contributed by atoms with Crippen molar-refractivity contribution < 1.29 is 4.92 Å². The van der Waals surface area contributed by atoms with Gasteiger partial charge in [0.1, 0.15) is 5.82 Å². The number of nitrogens with one attached hydrogen (secondary N) is 2. The number of benzene rings is 2. The van der Waals surface area contributed by atoms with Gasteiger partial charge < -0.3 is 11.1 Å². The second-order valence-corrected chi connectivity index (χ2v) is 7.09. The number of hydrogen-bond donors (Lipinski definition) is 3. The zero-order chi connectivity index (χ0) is 19.7. The summed E-state index contributed by atoms with van der Waals surface area (Å²) in [5, 5.41) is 22.4. The van der Waals surface area contributed by atoms with Crippen molar-refractivity contribution in [1.29, 1.82) is 0 Å². The molecule has 0 atom stereocenters. The summed E-state index contributed by atoms with van der Waals surface area (Å²) in [6.07, 6.45) is 0. The van der Waals surface area contributed by atoms with Gasteiger partial charge in [-0.3, -0.25) is 15.2 Å². The topological polar surface area (TPSA) is 136 Å². The Kier molecular flexibility index (Phi) is 4.53. The average Bonchev–Trinajstić information content (AvgIpc) is 3.08. The Bertz CT molecular complexity index is 1170. The van der Waals surface area contributed by atoms with Crippen molar-refractivity contribution in [2.24, 2.45) is 0 Å². The van der Waals surface area contributed by atoms with Gasteiger partial charge in [-0.2, -0.15) is 5.10 Å². The summed E-state index contributed by atoms with van der Waals surface area (Å²) in [5.74, 6) is 1.11. The van der Waals surface area contributed by atoms with Crippen LogP contribution in [-0.2, 0) is 0 Å². The van der Waals surface area contributed by atoms with E-state index in [-0.39, 0.29) is 5.69 Å². The number of nitrogens with zero attached hydrogens (tertiary/aromatic N) is 4. The minimum atomic E-state index is -0.446. The van der Waals surface area contributed by atoms with Gasteiger partial charge in [0.15, 0.2) is 11.0 Å². The Hall–Kier alpha value is -3.66. The predicted molar refractivity (Wildman–Crippen MR) is 108 cm³/mol. The fourth-order valence-electron chi connectivity index (χ4n) is 2.60. The van der Waals surface area contributed by atoms with Crippen LogP contribution in [0.2, 0.25) is 0 Å². The summed E-state index contributed by atoms with van der Waals surface area (Å²) in [4.78, 5) is 20.7. The van der Waals surface area contributed by atoms with Crippen molar-refractivity contribution in [3.05, 3.63) is 64.3 Å². The zero-order valence-corrected chi connectivity index (χ0v) is 15.5. The summed E-state index contributed by atoms with van der Waals surface area (Å²) in [6, 6.07) is 13.7. The molecule has 0 aliphatic rings. The number of nitro benzene ring substituents is 1. The highest BCUT2D eigenvalue weighted by molar-refractivity contribution is 7.99. The summed E-state index contributed by atoms with van der Waals surface area (Å²) >= 11 is 1.34. The number of fused-ring (bicyclic) bond motifs is 1. The van der Waals surface area contributed by atoms with Crippen molar-refractivity contribution in [1.82, 2.24) is 20.2 Å². The van der Waals surface area contributed by atoms with Crippen molar-refractivity contribution in [2.75, 3.05) is 11.1 Å². The number of aromatic nitrogens is 4. The SMILES string of the molecule is Cc1cc(Nc2nc(Sc3ccc(N)cc3)nc3cc([N+](=O)[O-])ccc23)n[nH]1. The van der Waals surface area contributed by atoms with Gasteiger partial charge in [-0.15, -0.1) is 0 Å². The van der Waals surface area contributed by atoms with Gasteiger partial charge in [-0.1, -0.05) is 0 Å². The molecule has 0 saturated heterocycles. The molecule has 0 amide bonds. The van der Waals surface area contributed by atoms with Crippen molar-refractivity contribution in [2.45, 2.75) is 17.0 Å². The lowest BCUT2D eigenvalue weighted by atomic mass is 10.2. The van der Waals surface area contributed by atoms with E-state index in [0.29, 0.717) is 33.4 Å². The lowest BCUT2D eigenvalue weighted by molar-refractivity contribution is -0.384. The Balaban J connectivity index is 1.79. The predicted octanol–water partition coefficient (Wildman–Crippen LogP) is 4.05. The van der Waals surface area contributed by atoms with Gasteiger partial charge in [0.05, 0.1) is 10.4 Å². The number of aromatic amines is 1. The molecule has 2 heterocycles. The molecule has 28 heavy (non-hydrogen) atoms. The van der Waals surface area contributed by atoms with E-state index in [1.807, 2.05) is 25.1 Å². The van der Waals surface area contributed by atoms with E-state index in [4.69, 9.17) is 5.73 Å². The Morgan fingerprint density at radius 3 is 2.61 bits per heavy atom. The lowest BCUT2D eigenvalue weighted by Crippen LogP contribution is -2.00. The second kappa shape index (κ2) is 7.16. The molecule has 4 aromatic rings. The number of anilines is 3. The van der Waals surface area contributed by atoms with Crippen LogP contribution in [0.25, 0.3) is 10.9 Å². The maximum absolute atomic E-state index is 11.1. The highest BCUT2D eigenvalue weighted by Gasteiger charge is 2.14. The van der Waals surface area contributed by atoms with Crippen molar-refractivity contribution >= 4 is 45.7 Å². The molecule has 0 aliphatic carbocycles. The third-order valence-electron chi connectivity index (χ3n) is 3.91. The van der Waals surface area contributed by atoms with Crippen molar-refractivity contribution in [3.8, 4) is 0 Å². The number of nitrogens with two attached hydrogens (primary N) is 1.